The lowest BCUT2D eigenvalue weighted by Gasteiger charge is -2.43. The van der Waals surface area contributed by atoms with Crippen molar-refractivity contribution in [2.75, 3.05) is 26.7 Å². The molecular formula is C31H31F6N3O2. The minimum absolute atomic E-state index is 0.0850. The van der Waals surface area contributed by atoms with Crippen molar-refractivity contribution in [1.82, 2.24) is 9.80 Å². The summed E-state index contributed by atoms with van der Waals surface area (Å²) in [6.45, 7) is 0.614. The zero-order chi connectivity index (χ0) is 30.7. The van der Waals surface area contributed by atoms with Crippen LogP contribution in [0.15, 0.2) is 78.9 Å². The third-order valence-electron chi connectivity index (χ3n) is 7.92. The van der Waals surface area contributed by atoms with E-state index in [1.54, 1.807) is 30.3 Å². The zero-order valence-corrected chi connectivity index (χ0v) is 22.9. The third-order valence-corrected chi connectivity index (χ3v) is 7.92. The number of amides is 2. The van der Waals surface area contributed by atoms with Crippen LogP contribution >= 0.6 is 0 Å². The molecule has 3 aromatic rings. The maximum Gasteiger partial charge on any atom is 0.416 e. The number of hydrogen-bond acceptors (Lipinski definition) is 3. The number of rotatable bonds is 8. The van der Waals surface area contributed by atoms with E-state index in [4.69, 9.17) is 5.73 Å². The van der Waals surface area contributed by atoms with Gasteiger partial charge in [0.25, 0.3) is 0 Å². The molecule has 1 aliphatic heterocycles. The van der Waals surface area contributed by atoms with Crippen LogP contribution in [-0.4, -0.2) is 48.3 Å². The number of nitrogens with zero attached hydrogens (tertiary/aromatic N) is 2. The Hall–Kier alpha value is -3.86. The largest absolute Gasteiger partial charge is 0.416 e. The number of likely N-dealkylation sites (N-methyl/N-ethyl adjacent to an activating group) is 1. The summed E-state index contributed by atoms with van der Waals surface area (Å²) in [6.07, 6.45) is -9.38. The lowest BCUT2D eigenvalue weighted by molar-refractivity contribution is -0.143. The number of nitrogens with two attached hydrogens (primary N) is 1. The molecule has 0 saturated carbocycles. The van der Waals surface area contributed by atoms with E-state index in [2.05, 4.69) is 0 Å². The smallest absolute Gasteiger partial charge is 0.369 e. The molecule has 5 nitrogen and oxygen atoms in total. The van der Waals surface area contributed by atoms with Gasteiger partial charge in [-0.3, -0.25) is 14.5 Å². The van der Waals surface area contributed by atoms with Crippen LogP contribution < -0.4 is 5.73 Å². The van der Waals surface area contributed by atoms with Crippen molar-refractivity contribution < 1.29 is 35.9 Å². The van der Waals surface area contributed by atoms with Crippen molar-refractivity contribution in [1.29, 1.82) is 0 Å². The summed E-state index contributed by atoms with van der Waals surface area (Å²) in [5.41, 5.74) is 3.49. The Morgan fingerprint density at radius 3 is 1.83 bits per heavy atom. The second-order valence-electron chi connectivity index (χ2n) is 10.6. The first-order valence-corrected chi connectivity index (χ1v) is 13.4. The van der Waals surface area contributed by atoms with E-state index in [-0.39, 0.29) is 30.5 Å². The number of carbonyl (C=O) groups is 2. The standard InChI is InChI=1S/C31H31F6N3O2/c1-39(15-12-21-18-24(30(32,33)34)20-25(19-21)31(35,36)37)27(41)26(22-8-4-2-5-9-22)40-16-13-29(14-17-40,28(38)42)23-10-6-3-7-11-23/h2-11,18-20,26H,12-17H2,1H3,(H2,38,42). The van der Waals surface area contributed by atoms with Gasteiger partial charge in [-0.15, -0.1) is 0 Å². The predicted octanol–water partition coefficient (Wildman–Crippen LogP) is 5.99. The summed E-state index contributed by atoms with van der Waals surface area (Å²) in [7, 11) is 1.47. The molecule has 1 heterocycles. The molecule has 42 heavy (non-hydrogen) atoms. The summed E-state index contributed by atoms with van der Waals surface area (Å²) in [5, 5.41) is 0. The number of piperidine rings is 1. The number of halogens is 6. The van der Waals surface area contributed by atoms with Gasteiger partial charge in [-0.1, -0.05) is 60.7 Å². The predicted molar refractivity (Wildman–Crippen MR) is 145 cm³/mol. The highest BCUT2D eigenvalue weighted by molar-refractivity contribution is 5.87. The van der Waals surface area contributed by atoms with Crippen LogP contribution in [-0.2, 0) is 33.8 Å². The number of carbonyl (C=O) groups excluding carboxylic acids is 2. The van der Waals surface area contributed by atoms with Crippen LogP contribution in [0, 0.1) is 0 Å². The Morgan fingerprint density at radius 2 is 1.36 bits per heavy atom. The van der Waals surface area contributed by atoms with Crippen molar-refractivity contribution >= 4 is 11.8 Å². The molecule has 4 rings (SSSR count). The Labute approximate surface area is 239 Å². The second-order valence-corrected chi connectivity index (χ2v) is 10.6. The number of likely N-dealkylation sites (tertiary alicyclic amines) is 1. The average Bonchev–Trinajstić information content (AvgIpc) is 2.96. The van der Waals surface area contributed by atoms with Crippen LogP contribution in [0.1, 0.15) is 46.7 Å². The molecule has 1 aliphatic rings. The van der Waals surface area contributed by atoms with E-state index in [0.717, 1.165) is 5.56 Å². The third kappa shape index (κ3) is 6.78. The van der Waals surface area contributed by atoms with Crippen molar-refractivity contribution in [2.24, 2.45) is 5.73 Å². The Kier molecular flexibility index (Phi) is 9.01. The van der Waals surface area contributed by atoms with Gasteiger partial charge < -0.3 is 10.6 Å². The fourth-order valence-corrected chi connectivity index (χ4v) is 5.52. The minimum Gasteiger partial charge on any atom is -0.369 e. The van der Waals surface area contributed by atoms with Crippen LogP contribution in [0.3, 0.4) is 0 Å². The molecule has 2 amide bonds. The summed E-state index contributed by atoms with van der Waals surface area (Å²) >= 11 is 0. The molecule has 0 aliphatic carbocycles. The Bertz CT molecular complexity index is 1350. The van der Waals surface area contributed by atoms with E-state index in [9.17, 15) is 35.9 Å². The lowest BCUT2D eigenvalue weighted by atomic mass is 9.72. The van der Waals surface area contributed by atoms with Crippen LogP contribution in [0.5, 0.6) is 0 Å². The summed E-state index contributed by atoms with van der Waals surface area (Å²) in [5.74, 6) is -0.817. The molecule has 1 atom stereocenters. The maximum absolute atomic E-state index is 13.8. The maximum atomic E-state index is 13.8. The van der Waals surface area contributed by atoms with E-state index >= 15 is 0 Å². The topological polar surface area (TPSA) is 66.6 Å². The molecule has 0 spiro atoms. The Balaban J connectivity index is 1.55. The minimum atomic E-state index is -4.95. The molecule has 0 radical (unpaired) electrons. The van der Waals surface area contributed by atoms with Gasteiger partial charge in [0.1, 0.15) is 6.04 Å². The molecular weight excluding hydrogens is 560 g/mol. The first-order valence-electron chi connectivity index (χ1n) is 13.4. The van der Waals surface area contributed by atoms with Gasteiger partial charge in [-0.25, -0.2) is 0 Å². The summed E-state index contributed by atoms with van der Waals surface area (Å²) in [6, 6.07) is 18.8. The van der Waals surface area contributed by atoms with E-state index in [0.29, 0.717) is 43.6 Å². The fraction of sp³-hybridized carbons (Fsp3) is 0.355. The van der Waals surface area contributed by atoms with Crippen LogP contribution in [0.25, 0.3) is 0 Å². The molecule has 2 N–H and O–H groups in total. The first-order chi connectivity index (χ1) is 19.7. The van der Waals surface area contributed by atoms with Crippen molar-refractivity contribution in [3.05, 3.63) is 107 Å². The van der Waals surface area contributed by atoms with E-state index in [1.807, 2.05) is 35.2 Å². The fourth-order valence-electron chi connectivity index (χ4n) is 5.52. The number of alkyl halides is 6. The normalized spacial score (nSPS) is 16.5. The second kappa shape index (κ2) is 12.2. The van der Waals surface area contributed by atoms with E-state index in [1.165, 1.54) is 11.9 Å². The summed E-state index contributed by atoms with van der Waals surface area (Å²) in [4.78, 5) is 29.7. The van der Waals surface area contributed by atoms with Gasteiger partial charge in [-0.2, -0.15) is 26.3 Å². The summed E-state index contributed by atoms with van der Waals surface area (Å²) < 4.78 is 79.9. The number of primary amides is 1. The number of hydrogen-bond donors (Lipinski definition) is 1. The highest BCUT2D eigenvalue weighted by Gasteiger charge is 2.44. The number of benzene rings is 3. The SMILES string of the molecule is CN(CCc1cc(C(F)(F)F)cc(C(F)(F)F)c1)C(=O)C(c1ccccc1)N1CCC(C(N)=O)(c2ccccc2)CC1. The highest BCUT2D eigenvalue weighted by Crippen LogP contribution is 2.39. The molecule has 224 valence electrons. The van der Waals surface area contributed by atoms with Gasteiger partial charge >= 0.3 is 12.4 Å². The van der Waals surface area contributed by atoms with Crippen molar-refractivity contribution in [3.63, 3.8) is 0 Å². The van der Waals surface area contributed by atoms with Gasteiger partial charge in [-0.05, 0) is 54.2 Å². The molecule has 1 saturated heterocycles. The van der Waals surface area contributed by atoms with Gasteiger partial charge in [0.05, 0.1) is 16.5 Å². The molecule has 1 fully saturated rings. The lowest BCUT2D eigenvalue weighted by Crippen LogP contribution is -2.53. The van der Waals surface area contributed by atoms with Crippen LogP contribution in [0.4, 0.5) is 26.3 Å². The quantitative estimate of drug-likeness (QED) is 0.328. The average molecular weight is 592 g/mol. The highest BCUT2D eigenvalue weighted by atomic mass is 19.4. The molecule has 0 bridgehead atoms. The molecule has 3 aromatic carbocycles. The molecule has 0 aromatic heterocycles. The zero-order valence-electron chi connectivity index (χ0n) is 22.9. The Morgan fingerprint density at radius 1 is 0.857 bits per heavy atom. The molecule has 11 heteroatoms. The molecule has 1 unspecified atom stereocenters. The van der Waals surface area contributed by atoms with Gasteiger partial charge in [0, 0.05) is 26.7 Å². The van der Waals surface area contributed by atoms with Crippen LogP contribution in [0.2, 0.25) is 0 Å². The van der Waals surface area contributed by atoms with E-state index < -0.39 is 40.8 Å². The van der Waals surface area contributed by atoms with Crippen molar-refractivity contribution in [2.45, 2.75) is 43.1 Å². The first kappa shape index (κ1) is 31.1. The monoisotopic (exact) mass is 591 g/mol. The van der Waals surface area contributed by atoms with Gasteiger partial charge in [0.15, 0.2) is 0 Å². The van der Waals surface area contributed by atoms with Gasteiger partial charge in [0.2, 0.25) is 11.8 Å². The van der Waals surface area contributed by atoms with Crippen molar-refractivity contribution in [3.8, 4) is 0 Å².